The molecule has 0 atom stereocenters. The van der Waals surface area contributed by atoms with Gasteiger partial charge in [-0.1, -0.05) is 12.1 Å². The molecule has 1 fully saturated rings. The summed E-state index contributed by atoms with van der Waals surface area (Å²) < 4.78 is 32.1. The highest BCUT2D eigenvalue weighted by molar-refractivity contribution is 7.89. The van der Waals surface area contributed by atoms with Crippen molar-refractivity contribution in [2.75, 3.05) is 13.2 Å². The van der Waals surface area contributed by atoms with Crippen LogP contribution in [0.4, 0.5) is 0 Å². The second-order valence-corrected chi connectivity index (χ2v) is 6.04. The van der Waals surface area contributed by atoms with E-state index >= 15 is 0 Å². The summed E-state index contributed by atoms with van der Waals surface area (Å²) in [6.45, 7) is 3.13. The SMILES string of the molecule is Cc1cccc(S(=O)(=O)NC2CCOCC2)c1. The summed E-state index contributed by atoms with van der Waals surface area (Å²) in [5, 5.41) is 0. The molecule has 0 aromatic heterocycles. The minimum Gasteiger partial charge on any atom is -0.381 e. The Bertz CT molecular complexity index is 478. The van der Waals surface area contributed by atoms with Gasteiger partial charge < -0.3 is 4.74 Å². The first-order valence-electron chi connectivity index (χ1n) is 5.75. The maximum atomic E-state index is 12.1. The van der Waals surface area contributed by atoms with Gasteiger partial charge in [-0.25, -0.2) is 13.1 Å². The van der Waals surface area contributed by atoms with Gasteiger partial charge in [0.2, 0.25) is 10.0 Å². The van der Waals surface area contributed by atoms with Crippen molar-refractivity contribution in [2.24, 2.45) is 0 Å². The van der Waals surface area contributed by atoms with E-state index < -0.39 is 10.0 Å². The van der Waals surface area contributed by atoms with E-state index in [1.165, 1.54) is 0 Å². The largest absolute Gasteiger partial charge is 0.381 e. The van der Waals surface area contributed by atoms with Crippen LogP contribution in [0.1, 0.15) is 18.4 Å². The molecular weight excluding hydrogens is 238 g/mol. The van der Waals surface area contributed by atoms with E-state index in [1.54, 1.807) is 18.2 Å². The summed E-state index contributed by atoms with van der Waals surface area (Å²) in [5.74, 6) is 0. The first-order chi connectivity index (χ1) is 8.08. The zero-order chi connectivity index (χ0) is 12.3. The average Bonchev–Trinajstić information content (AvgIpc) is 2.30. The van der Waals surface area contributed by atoms with Crippen molar-refractivity contribution in [3.05, 3.63) is 29.8 Å². The molecule has 0 bridgehead atoms. The quantitative estimate of drug-likeness (QED) is 0.889. The third-order valence-electron chi connectivity index (χ3n) is 2.84. The van der Waals surface area contributed by atoms with Gasteiger partial charge in [0.1, 0.15) is 0 Å². The summed E-state index contributed by atoms with van der Waals surface area (Å²) in [7, 11) is -3.39. The lowest BCUT2D eigenvalue weighted by Crippen LogP contribution is -2.38. The van der Waals surface area contributed by atoms with Gasteiger partial charge in [0, 0.05) is 19.3 Å². The first-order valence-corrected chi connectivity index (χ1v) is 7.23. The highest BCUT2D eigenvalue weighted by atomic mass is 32.2. The minimum absolute atomic E-state index is 0.00531. The smallest absolute Gasteiger partial charge is 0.240 e. The summed E-state index contributed by atoms with van der Waals surface area (Å²) in [4.78, 5) is 0.337. The van der Waals surface area contributed by atoms with E-state index in [0.29, 0.717) is 18.1 Å². The molecular formula is C12H17NO3S. The van der Waals surface area contributed by atoms with E-state index in [2.05, 4.69) is 4.72 Å². The molecule has 1 saturated heterocycles. The molecule has 1 N–H and O–H groups in total. The molecule has 2 rings (SSSR count). The minimum atomic E-state index is -3.39. The molecule has 0 radical (unpaired) electrons. The Balaban J connectivity index is 2.13. The molecule has 4 nitrogen and oxygen atoms in total. The molecule has 1 aliphatic rings. The maximum Gasteiger partial charge on any atom is 0.240 e. The zero-order valence-corrected chi connectivity index (χ0v) is 10.7. The molecule has 17 heavy (non-hydrogen) atoms. The third kappa shape index (κ3) is 3.28. The van der Waals surface area contributed by atoms with Crippen molar-refractivity contribution < 1.29 is 13.2 Å². The summed E-state index contributed by atoms with van der Waals surface area (Å²) in [6, 6.07) is 6.94. The molecule has 0 aliphatic carbocycles. The van der Waals surface area contributed by atoms with Crippen LogP contribution in [0.25, 0.3) is 0 Å². The Hall–Kier alpha value is -0.910. The Morgan fingerprint density at radius 1 is 1.29 bits per heavy atom. The average molecular weight is 255 g/mol. The van der Waals surface area contributed by atoms with Gasteiger partial charge in [-0.05, 0) is 37.5 Å². The number of ether oxygens (including phenoxy) is 1. The van der Waals surface area contributed by atoms with Crippen molar-refractivity contribution in [1.82, 2.24) is 4.72 Å². The van der Waals surface area contributed by atoms with Crippen molar-refractivity contribution in [1.29, 1.82) is 0 Å². The fourth-order valence-corrected chi connectivity index (χ4v) is 3.29. The molecule has 0 spiro atoms. The Labute approximate surface area is 102 Å². The van der Waals surface area contributed by atoms with E-state index in [4.69, 9.17) is 4.74 Å². The molecule has 0 amide bonds. The molecule has 0 saturated carbocycles. The van der Waals surface area contributed by atoms with Gasteiger partial charge in [-0.3, -0.25) is 0 Å². The molecule has 1 aliphatic heterocycles. The monoisotopic (exact) mass is 255 g/mol. The van der Waals surface area contributed by atoms with Crippen LogP contribution in [0, 0.1) is 6.92 Å². The number of aryl methyl sites for hydroxylation is 1. The second kappa shape index (κ2) is 5.16. The standard InChI is InChI=1S/C12H17NO3S/c1-10-3-2-4-12(9-10)17(14,15)13-11-5-7-16-8-6-11/h2-4,9,11,13H,5-8H2,1H3. The Kier molecular flexibility index (Phi) is 3.81. The van der Waals surface area contributed by atoms with Crippen molar-refractivity contribution >= 4 is 10.0 Å². The fraction of sp³-hybridized carbons (Fsp3) is 0.500. The number of rotatable bonds is 3. The molecule has 94 valence electrons. The van der Waals surface area contributed by atoms with Crippen LogP contribution in [0.2, 0.25) is 0 Å². The van der Waals surface area contributed by atoms with Crippen LogP contribution < -0.4 is 4.72 Å². The normalized spacial score (nSPS) is 18.2. The van der Waals surface area contributed by atoms with Crippen LogP contribution >= 0.6 is 0 Å². The number of benzene rings is 1. The number of sulfonamides is 1. The van der Waals surface area contributed by atoms with Crippen LogP contribution in [-0.4, -0.2) is 27.7 Å². The first kappa shape index (κ1) is 12.5. The molecule has 1 aromatic carbocycles. The van der Waals surface area contributed by atoms with Gasteiger partial charge in [0.15, 0.2) is 0 Å². The summed E-state index contributed by atoms with van der Waals surface area (Å²) >= 11 is 0. The van der Waals surface area contributed by atoms with E-state index in [1.807, 2.05) is 13.0 Å². The molecule has 1 heterocycles. The highest BCUT2D eigenvalue weighted by Gasteiger charge is 2.21. The lowest BCUT2D eigenvalue weighted by molar-refractivity contribution is 0.0832. The predicted molar refractivity (Wildman–Crippen MR) is 65.3 cm³/mol. The van der Waals surface area contributed by atoms with Gasteiger partial charge in [-0.15, -0.1) is 0 Å². The van der Waals surface area contributed by atoms with E-state index in [9.17, 15) is 8.42 Å². The van der Waals surface area contributed by atoms with Gasteiger partial charge in [-0.2, -0.15) is 0 Å². The van der Waals surface area contributed by atoms with Crippen molar-refractivity contribution in [3.8, 4) is 0 Å². The fourth-order valence-electron chi connectivity index (χ4n) is 1.89. The van der Waals surface area contributed by atoms with Gasteiger partial charge in [0.25, 0.3) is 0 Å². The topological polar surface area (TPSA) is 55.4 Å². The summed E-state index contributed by atoms with van der Waals surface area (Å²) in [5.41, 5.74) is 0.944. The van der Waals surface area contributed by atoms with E-state index in [-0.39, 0.29) is 6.04 Å². The van der Waals surface area contributed by atoms with Gasteiger partial charge in [0.05, 0.1) is 4.90 Å². The van der Waals surface area contributed by atoms with Gasteiger partial charge >= 0.3 is 0 Å². The third-order valence-corrected chi connectivity index (χ3v) is 4.36. The number of nitrogens with one attached hydrogen (secondary N) is 1. The van der Waals surface area contributed by atoms with Crippen molar-refractivity contribution in [3.63, 3.8) is 0 Å². The molecule has 1 aromatic rings. The Morgan fingerprint density at radius 3 is 2.65 bits per heavy atom. The number of hydrogen-bond acceptors (Lipinski definition) is 3. The lowest BCUT2D eigenvalue weighted by atomic mass is 10.1. The second-order valence-electron chi connectivity index (χ2n) is 4.32. The van der Waals surface area contributed by atoms with Crippen LogP contribution in [0.5, 0.6) is 0 Å². The van der Waals surface area contributed by atoms with Crippen molar-refractivity contribution in [2.45, 2.75) is 30.7 Å². The maximum absolute atomic E-state index is 12.1. The molecule has 5 heteroatoms. The van der Waals surface area contributed by atoms with Crippen LogP contribution in [0.15, 0.2) is 29.2 Å². The predicted octanol–water partition coefficient (Wildman–Crippen LogP) is 1.45. The van der Waals surface area contributed by atoms with E-state index in [0.717, 1.165) is 18.4 Å². The van der Waals surface area contributed by atoms with Crippen LogP contribution in [0.3, 0.4) is 0 Å². The number of hydrogen-bond donors (Lipinski definition) is 1. The highest BCUT2D eigenvalue weighted by Crippen LogP contribution is 2.14. The molecule has 0 unspecified atom stereocenters. The Morgan fingerprint density at radius 2 is 2.00 bits per heavy atom. The lowest BCUT2D eigenvalue weighted by Gasteiger charge is -2.23. The summed E-state index contributed by atoms with van der Waals surface area (Å²) in [6.07, 6.45) is 1.48. The van der Waals surface area contributed by atoms with Crippen LogP contribution in [-0.2, 0) is 14.8 Å². The zero-order valence-electron chi connectivity index (χ0n) is 9.85.